The molecule has 0 aromatic carbocycles. The molecule has 3 nitrogen and oxygen atoms in total. The third kappa shape index (κ3) is 4.67. The molecule has 18 heavy (non-hydrogen) atoms. The Hall–Kier alpha value is -0.450. The number of aromatic nitrogens is 1. The van der Waals surface area contributed by atoms with E-state index in [1.807, 2.05) is 6.20 Å². The average Bonchev–Trinajstić information content (AvgIpc) is 2.84. The highest BCUT2D eigenvalue weighted by Gasteiger charge is 2.19. The molecule has 1 fully saturated rings. The van der Waals surface area contributed by atoms with Crippen LogP contribution < -0.4 is 5.32 Å². The van der Waals surface area contributed by atoms with Crippen molar-refractivity contribution in [3.63, 3.8) is 0 Å². The van der Waals surface area contributed by atoms with Crippen LogP contribution in [-0.4, -0.2) is 36.1 Å². The third-order valence-corrected chi connectivity index (χ3v) is 4.30. The normalized spacial score (nSPS) is 18.6. The van der Waals surface area contributed by atoms with Gasteiger partial charge in [0, 0.05) is 11.6 Å². The lowest BCUT2D eigenvalue weighted by Gasteiger charge is -2.31. The molecule has 0 amide bonds. The molecular weight excluding hydrogens is 242 g/mol. The molecule has 1 saturated heterocycles. The average molecular weight is 267 g/mol. The van der Waals surface area contributed by atoms with Gasteiger partial charge < -0.3 is 5.32 Å². The van der Waals surface area contributed by atoms with E-state index in [2.05, 4.69) is 34.4 Å². The van der Waals surface area contributed by atoms with E-state index in [4.69, 9.17) is 0 Å². The zero-order valence-electron chi connectivity index (χ0n) is 11.6. The first-order valence-corrected chi connectivity index (χ1v) is 7.93. The summed E-state index contributed by atoms with van der Waals surface area (Å²) in [4.78, 5) is 6.90. The highest BCUT2D eigenvalue weighted by atomic mass is 32.1. The van der Waals surface area contributed by atoms with Crippen LogP contribution in [0, 0.1) is 11.8 Å². The standard InChI is InChI=1S/C14H25N3S/c1-12(2)9-15-10-13-3-6-17(7-4-13)11-14-16-5-8-18-14/h5,8,12-13,15H,3-4,6-7,9-11H2,1-2H3. The summed E-state index contributed by atoms with van der Waals surface area (Å²) in [7, 11) is 0. The van der Waals surface area contributed by atoms with Crippen LogP contribution in [0.25, 0.3) is 0 Å². The van der Waals surface area contributed by atoms with E-state index < -0.39 is 0 Å². The van der Waals surface area contributed by atoms with Crippen LogP contribution in [0.2, 0.25) is 0 Å². The summed E-state index contributed by atoms with van der Waals surface area (Å²) >= 11 is 1.77. The molecule has 1 aliphatic rings. The van der Waals surface area contributed by atoms with E-state index in [9.17, 15) is 0 Å². The van der Waals surface area contributed by atoms with Crippen molar-refractivity contribution >= 4 is 11.3 Å². The molecule has 1 aliphatic heterocycles. The topological polar surface area (TPSA) is 28.2 Å². The fourth-order valence-corrected chi connectivity index (χ4v) is 3.10. The third-order valence-electron chi connectivity index (χ3n) is 3.54. The molecular formula is C14H25N3S. The van der Waals surface area contributed by atoms with Crippen LogP contribution in [-0.2, 0) is 6.54 Å². The van der Waals surface area contributed by atoms with Crippen LogP contribution in [0.3, 0.4) is 0 Å². The Balaban J connectivity index is 1.62. The minimum absolute atomic E-state index is 0.759. The summed E-state index contributed by atoms with van der Waals surface area (Å²) in [6.07, 6.45) is 4.57. The second kappa shape index (κ2) is 7.22. The zero-order chi connectivity index (χ0) is 12.8. The largest absolute Gasteiger partial charge is 0.316 e. The van der Waals surface area contributed by atoms with Crippen molar-refractivity contribution in [2.75, 3.05) is 26.2 Å². The highest BCUT2D eigenvalue weighted by molar-refractivity contribution is 7.09. The molecule has 1 N–H and O–H groups in total. The maximum absolute atomic E-state index is 4.36. The number of thiazole rings is 1. The van der Waals surface area contributed by atoms with E-state index in [0.29, 0.717) is 0 Å². The highest BCUT2D eigenvalue weighted by Crippen LogP contribution is 2.19. The predicted octanol–water partition coefficient (Wildman–Crippen LogP) is 2.60. The number of nitrogens with zero attached hydrogens (tertiary/aromatic N) is 2. The first-order valence-electron chi connectivity index (χ1n) is 7.05. The van der Waals surface area contributed by atoms with Gasteiger partial charge >= 0.3 is 0 Å². The van der Waals surface area contributed by atoms with E-state index >= 15 is 0 Å². The molecule has 2 rings (SSSR count). The van der Waals surface area contributed by atoms with E-state index in [0.717, 1.165) is 24.9 Å². The maximum Gasteiger partial charge on any atom is 0.107 e. The summed E-state index contributed by atoms with van der Waals surface area (Å²) in [6.45, 7) is 10.4. The fraction of sp³-hybridized carbons (Fsp3) is 0.786. The van der Waals surface area contributed by atoms with Crippen LogP contribution in [0.4, 0.5) is 0 Å². The van der Waals surface area contributed by atoms with Crippen LogP contribution in [0.1, 0.15) is 31.7 Å². The molecule has 0 atom stereocenters. The quantitative estimate of drug-likeness (QED) is 0.859. The smallest absolute Gasteiger partial charge is 0.107 e. The number of rotatable bonds is 6. The van der Waals surface area contributed by atoms with Crippen molar-refractivity contribution in [2.45, 2.75) is 33.2 Å². The predicted molar refractivity (Wildman–Crippen MR) is 77.8 cm³/mol. The Kier molecular flexibility index (Phi) is 5.60. The van der Waals surface area contributed by atoms with Gasteiger partial charge in [-0.3, -0.25) is 4.90 Å². The molecule has 1 aromatic rings. The summed E-state index contributed by atoms with van der Waals surface area (Å²) in [5.74, 6) is 1.63. The monoisotopic (exact) mass is 267 g/mol. The molecule has 0 aliphatic carbocycles. The Morgan fingerprint density at radius 3 is 2.83 bits per heavy atom. The van der Waals surface area contributed by atoms with Crippen molar-refractivity contribution < 1.29 is 0 Å². The van der Waals surface area contributed by atoms with Crippen LogP contribution in [0.5, 0.6) is 0 Å². The molecule has 0 radical (unpaired) electrons. The maximum atomic E-state index is 4.36. The summed E-state index contributed by atoms with van der Waals surface area (Å²) < 4.78 is 0. The lowest BCUT2D eigenvalue weighted by Crippen LogP contribution is -2.37. The fourth-order valence-electron chi connectivity index (χ4n) is 2.45. The number of piperidine rings is 1. The van der Waals surface area contributed by atoms with Crippen molar-refractivity contribution in [3.05, 3.63) is 16.6 Å². The van der Waals surface area contributed by atoms with Gasteiger partial charge in [-0.1, -0.05) is 13.8 Å². The first-order chi connectivity index (χ1) is 8.74. The number of hydrogen-bond acceptors (Lipinski definition) is 4. The van der Waals surface area contributed by atoms with Crippen LogP contribution in [0.15, 0.2) is 11.6 Å². The molecule has 0 bridgehead atoms. The van der Waals surface area contributed by atoms with Gasteiger partial charge in [0.2, 0.25) is 0 Å². The van der Waals surface area contributed by atoms with Gasteiger partial charge in [0.15, 0.2) is 0 Å². The molecule has 1 aromatic heterocycles. The summed E-state index contributed by atoms with van der Waals surface area (Å²) in [6, 6.07) is 0. The molecule has 0 spiro atoms. The van der Waals surface area contributed by atoms with E-state index in [1.54, 1.807) is 11.3 Å². The second-order valence-corrected chi connectivity index (χ2v) is 6.68. The Morgan fingerprint density at radius 1 is 1.44 bits per heavy atom. The molecule has 4 heteroatoms. The van der Waals surface area contributed by atoms with Gasteiger partial charge in [-0.2, -0.15) is 0 Å². The Morgan fingerprint density at radius 2 is 2.22 bits per heavy atom. The summed E-state index contributed by atoms with van der Waals surface area (Å²) in [5.41, 5.74) is 0. The number of likely N-dealkylation sites (tertiary alicyclic amines) is 1. The Bertz CT molecular complexity index is 316. The molecule has 0 unspecified atom stereocenters. The Labute approximate surface area is 115 Å². The first kappa shape index (κ1) is 14.0. The molecule has 102 valence electrons. The van der Waals surface area contributed by atoms with Gasteiger partial charge in [0.25, 0.3) is 0 Å². The van der Waals surface area contributed by atoms with Gasteiger partial charge in [-0.15, -0.1) is 11.3 Å². The van der Waals surface area contributed by atoms with Crippen molar-refractivity contribution in [1.82, 2.24) is 15.2 Å². The van der Waals surface area contributed by atoms with Crippen molar-refractivity contribution in [2.24, 2.45) is 11.8 Å². The number of hydrogen-bond donors (Lipinski definition) is 1. The second-order valence-electron chi connectivity index (χ2n) is 5.70. The van der Waals surface area contributed by atoms with E-state index in [-0.39, 0.29) is 0 Å². The van der Waals surface area contributed by atoms with Gasteiger partial charge in [-0.25, -0.2) is 4.98 Å². The molecule has 0 saturated carbocycles. The summed E-state index contributed by atoms with van der Waals surface area (Å²) in [5, 5.41) is 6.91. The van der Waals surface area contributed by atoms with Gasteiger partial charge in [0.1, 0.15) is 5.01 Å². The lowest BCUT2D eigenvalue weighted by molar-refractivity contribution is 0.175. The van der Waals surface area contributed by atoms with Gasteiger partial charge in [0.05, 0.1) is 6.54 Å². The van der Waals surface area contributed by atoms with Gasteiger partial charge in [-0.05, 0) is 50.9 Å². The van der Waals surface area contributed by atoms with Crippen LogP contribution >= 0.6 is 11.3 Å². The zero-order valence-corrected chi connectivity index (χ0v) is 12.4. The van der Waals surface area contributed by atoms with E-state index in [1.165, 1.54) is 37.5 Å². The lowest BCUT2D eigenvalue weighted by atomic mass is 9.96. The van der Waals surface area contributed by atoms with Crippen molar-refractivity contribution in [3.8, 4) is 0 Å². The minimum Gasteiger partial charge on any atom is -0.316 e. The van der Waals surface area contributed by atoms with Crippen molar-refractivity contribution in [1.29, 1.82) is 0 Å². The molecule has 2 heterocycles. The SMILES string of the molecule is CC(C)CNCC1CCN(Cc2nccs2)CC1. The minimum atomic E-state index is 0.759. The number of nitrogens with one attached hydrogen (secondary N) is 1.